The molecule has 3 N–H and O–H groups in total. The van der Waals surface area contributed by atoms with Crippen molar-refractivity contribution in [2.24, 2.45) is 5.73 Å². The van der Waals surface area contributed by atoms with Gasteiger partial charge in [-0.1, -0.05) is 18.2 Å². The fraction of sp³-hybridized carbons (Fsp3) is 0.333. The van der Waals surface area contributed by atoms with E-state index in [2.05, 4.69) is 15.2 Å². The van der Waals surface area contributed by atoms with Crippen molar-refractivity contribution in [3.63, 3.8) is 0 Å². The van der Waals surface area contributed by atoms with Gasteiger partial charge in [0.1, 0.15) is 5.82 Å². The SMILES string of the molecule is NCc1ccc(C(=O)NCc2ccc(N3CCOCC3)nc2)cc1. The number of morpholine rings is 1. The Balaban J connectivity index is 1.54. The fourth-order valence-corrected chi connectivity index (χ4v) is 2.58. The molecule has 1 aromatic heterocycles. The highest BCUT2D eigenvalue weighted by molar-refractivity contribution is 5.94. The molecule has 2 aromatic rings. The summed E-state index contributed by atoms with van der Waals surface area (Å²) in [7, 11) is 0. The molecule has 1 aliphatic rings. The second-order valence-corrected chi connectivity index (χ2v) is 5.71. The molecule has 6 nitrogen and oxygen atoms in total. The fourth-order valence-electron chi connectivity index (χ4n) is 2.58. The van der Waals surface area contributed by atoms with Crippen LogP contribution in [-0.2, 0) is 17.8 Å². The zero-order chi connectivity index (χ0) is 16.8. The Kier molecular flexibility index (Phi) is 5.40. The lowest BCUT2D eigenvalue weighted by Gasteiger charge is -2.27. The molecular weight excluding hydrogens is 304 g/mol. The van der Waals surface area contributed by atoms with E-state index in [0.29, 0.717) is 18.7 Å². The summed E-state index contributed by atoms with van der Waals surface area (Å²) in [5.41, 5.74) is 8.17. The van der Waals surface area contributed by atoms with Crippen molar-refractivity contribution in [1.29, 1.82) is 0 Å². The van der Waals surface area contributed by atoms with Crippen molar-refractivity contribution >= 4 is 11.7 Å². The molecule has 0 radical (unpaired) electrons. The first kappa shape index (κ1) is 16.4. The normalized spacial score (nSPS) is 14.5. The van der Waals surface area contributed by atoms with E-state index in [9.17, 15) is 4.79 Å². The van der Waals surface area contributed by atoms with E-state index in [1.54, 1.807) is 12.1 Å². The Bertz CT molecular complexity index is 664. The molecule has 1 saturated heterocycles. The molecular formula is C18H22N4O2. The average molecular weight is 326 g/mol. The topological polar surface area (TPSA) is 80.5 Å². The zero-order valence-corrected chi connectivity index (χ0v) is 13.6. The van der Waals surface area contributed by atoms with Gasteiger partial charge in [0.25, 0.3) is 5.91 Å². The molecule has 0 atom stereocenters. The number of nitrogens with one attached hydrogen (secondary N) is 1. The van der Waals surface area contributed by atoms with Crippen molar-refractivity contribution in [3.05, 3.63) is 59.3 Å². The molecule has 1 fully saturated rings. The number of pyridine rings is 1. The van der Waals surface area contributed by atoms with E-state index < -0.39 is 0 Å². The highest BCUT2D eigenvalue weighted by atomic mass is 16.5. The van der Waals surface area contributed by atoms with Crippen LogP contribution in [0.25, 0.3) is 0 Å². The lowest BCUT2D eigenvalue weighted by Crippen LogP contribution is -2.36. The molecule has 126 valence electrons. The number of carbonyl (C=O) groups is 1. The van der Waals surface area contributed by atoms with E-state index in [1.165, 1.54) is 0 Å². The zero-order valence-electron chi connectivity index (χ0n) is 13.6. The van der Waals surface area contributed by atoms with Gasteiger partial charge in [0.15, 0.2) is 0 Å². The summed E-state index contributed by atoms with van der Waals surface area (Å²) < 4.78 is 5.34. The van der Waals surface area contributed by atoms with Crippen molar-refractivity contribution < 1.29 is 9.53 Å². The van der Waals surface area contributed by atoms with Crippen LogP contribution < -0.4 is 16.0 Å². The van der Waals surface area contributed by atoms with Gasteiger partial charge >= 0.3 is 0 Å². The maximum Gasteiger partial charge on any atom is 0.251 e. The predicted octanol–water partition coefficient (Wildman–Crippen LogP) is 1.31. The number of anilines is 1. The Morgan fingerprint density at radius 3 is 2.46 bits per heavy atom. The largest absolute Gasteiger partial charge is 0.378 e. The highest BCUT2D eigenvalue weighted by Crippen LogP contribution is 2.13. The van der Waals surface area contributed by atoms with Gasteiger partial charge in [-0.15, -0.1) is 0 Å². The van der Waals surface area contributed by atoms with Gasteiger partial charge in [0, 0.05) is 37.9 Å². The number of amides is 1. The molecule has 0 aliphatic carbocycles. The molecule has 1 aromatic carbocycles. The number of nitrogens with zero attached hydrogens (tertiary/aromatic N) is 2. The van der Waals surface area contributed by atoms with Crippen molar-refractivity contribution in [2.45, 2.75) is 13.1 Å². The molecule has 1 amide bonds. The minimum atomic E-state index is -0.101. The van der Waals surface area contributed by atoms with Gasteiger partial charge in [0.05, 0.1) is 13.2 Å². The molecule has 0 saturated carbocycles. The first-order valence-corrected chi connectivity index (χ1v) is 8.11. The molecule has 24 heavy (non-hydrogen) atoms. The Hall–Kier alpha value is -2.44. The minimum absolute atomic E-state index is 0.101. The van der Waals surface area contributed by atoms with Crippen LogP contribution in [0, 0.1) is 0 Å². The summed E-state index contributed by atoms with van der Waals surface area (Å²) >= 11 is 0. The summed E-state index contributed by atoms with van der Waals surface area (Å²) in [5, 5.41) is 2.91. The number of hydrogen-bond acceptors (Lipinski definition) is 5. The third kappa shape index (κ3) is 4.10. The monoisotopic (exact) mass is 326 g/mol. The predicted molar refractivity (Wildman–Crippen MR) is 92.8 cm³/mol. The standard InChI is InChI=1S/C18H22N4O2/c19-11-14-1-4-16(5-2-14)18(23)21-13-15-3-6-17(20-12-15)22-7-9-24-10-8-22/h1-6,12H,7-11,13,19H2,(H,21,23). The smallest absolute Gasteiger partial charge is 0.251 e. The second-order valence-electron chi connectivity index (χ2n) is 5.71. The van der Waals surface area contributed by atoms with E-state index >= 15 is 0 Å². The highest BCUT2D eigenvalue weighted by Gasteiger charge is 2.12. The number of carbonyl (C=O) groups excluding carboxylic acids is 1. The number of nitrogens with two attached hydrogens (primary N) is 1. The quantitative estimate of drug-likeness (QED) is 0.866. The number of rotatable bonds is 5. The average Bonchev–Trinajstić information content (AvgIpc) is 2.67. The second kappa shape index (κ2) is 7.90. The van der Waals surface area contributed by atoms with E-state index in [-0.39, 0.29) is 5.91 Å². The van der Waals surface area contributed by atoms with Gasteiger partial charge < -0.3 is 20.7 Å². The number of ether oxygens (including phenoxy) is 1. The van der Waals surface area contributed by atoms with Crippen LogP contribution in [-0.4, -0.2) is 37.2 Å². The summed E-state index contributed by atoms with van der Waals surface area (Å²) in [4.78, 5) is 18.8. The van der Waals surface area contributed by atoms with Crippen LogP contribution in [0.4, 0.5) is 5.82 Å². The lowest BCUT2D eigenvalue weighted by molar-refractivity contribution is 0.0951. The van der Waals surface area contributed by atoms with E-state index in [4.69, 9.17) is 10.5 Å². The summed E-state index contributed by atoms with van der Waals surface area (Å²) in [6, 6.07) is 11.3. The summed E-state index contributed by atoms with van der Waals surface area (Å²) in [6.45, 7) is 4.13. The van der Waals surface area contributed by atoms with Gasteiger partial charge in [-0.25, -0.2) is 4.98 Å². The number of hydrogen-bond donors (Lipinski definition) is 2. The number of benzene rings is 1. The Labute approximate surface area is 141 Å². The third-order valence-corrected chi connectivity index (χ3v) is 4.05. The van der Waals surface area contributed by atoms with Crippen LogP contribution in [0.5, 0.6) is 0 Å². The minimum Gasteiger partial charge on any atom is -0.378 e. The lowest BCUT2D eigenvalue weighted by atomic mass is 10.1. The van der Waals surface area contributed by atoms with Gasteiger partial charge in [-0.05, 0) is 29.3 Å². The van der Waals surface area contributed by atoms with Crippen LogP contribution in [0.15, 0.2) is 42.6 Å². The van der Waals surface area contributed by atoms with Crippen LogP contribution >= 0.6 is 0 Å². The van der Waals surface area contributed by atoms with Gasteiger partial charge in [-0.3, -0.25) is 4.79 Å². The molecule has 0 unspecified atom stereocenters. The van der Waals surface area contributed by atoms with E-state index in [1.807, 2.05) is 30.5 Å². The maximum absolute atomic E-state index is 12.1. The summed E-state index contributed by atoms with van der Waals surface area (Å²) in [6.07, 6.45) is 1.81. The van der Waals surface area contributed by atoms with Gasteiger partial charge in [0.2, 0.25) is 0 Å². The van der Waals surface area contributed by atoms with Gasteiger partial charge in [-0.2, -0.15) is 0 Å². The Morgan fingerprint density at radius 1 is 1.12 bits per heavy atom. The first-order chi connectivity index (χ1) is 11.8. The first-order valence-electron chi connectivity index (χ1n) is 8.11. The van der Waals surface area contributed by atoms with Crippen LogP contribution in [0.3, 0.4) is 0 Å². The Morgan fingerprint density at radius 2 is 1.83 bits per heavy atom. The molecule has 6 heteroatoms. The van der Waals surface area contributed by atoms with Crippen LogP contribution in [0.2, 0.25) is 0 Å². The summed E-state index contributed by atoms with van der Waals surface area (Å²) in [5.74, 6) is 0.849. The molecule has 3 rings (SSSR count). The third-order valence-electron chi connectivity index (χ3n) is 4.05. The van der Waals surface area contributed by atoms with Crippen LogP contribution in [0.1, 0.15) is 21.5 Å². The molecule has 2 heterocycles. The van der Waals surface area contributed by atoms with Crippen molar-refractivity contribution in [2.75, 3.05) is 31.2 Å². The molecule has 1 aliphatic heterocycles. The van der Waals surface area contributed by atoms with Crippen molar-refractivity contribution in [1.82, 2.24) is 10.3 Å². The van der Waals surface area contributed by atoms with E-state index in [0.717, 1.165) is 43.2 Å². The maximum atomic E-state index is 12.1. The molecule has 0 spiro atoms. The van der Waals surface area contributed by atoms with Crippen molar-refractivity contribution in [3.8, 4) is 0 Å². The molecule has 0 bridgehead atoms. The number of aromatic nitrogens is 1.